The molecule has 1 aromatic carbocycles. The molecule has 0 fully saturated rings. The van der Waals surface area contributed by atoms with Crippen molar-refractivity contribution in [3.8, 4) is 5.75 Å². The van der Waals surface area contributed by atoms with E-state index in [9.17, 15) is 0 Å². The Kier molecular flexibility index (Phi) is 44.6. The molecular weight excluding hydrogens is 281 g/mol. The number of hydrogen-bond acceptors (Lipinski definition) is 4. The van der Waals surface area contributed by atoms with Gasteiger partial charge in [-0.05, 0) is 0 Å². The van der Waals surface area contributed by atoms with Gasteiger partial charge in [0.15, 0.2) is 0 Å². The summed E-state index contributed by atoms with van der Waals surface area (Å²) in [6.07, 6.45) is 0. The first-order chi connectivity index (χ1) is 7.04. The zero-order valence-electron chi connectivity index (χ0n) is 11.1. The van der Waals surface area contributed by atoms with Gasteiger partial charge in [0.05, 0.1) is 0 Å². The van der Waals surface area contributed by atoms with E-state index in [0.29, 0.717) is 13.1 Å². The maximum Gasteiger partial charge on any atom is 1.00 e. The van der Waals surface area contributed by atoms with Crippen molar-refractivity contribution in [3.05, 3.63) is 30.3 Å². The van der Waals surface area contributed by atoms with Crippen molar-refractivity contribution in [2.45, 2.75) is 6.92 Å². The third-order valence-electron chi connectivity index (χ3n) is 0.859. The van der Waals surface area contributed by atoms with Gasteiger partial charge in [-0.2, -0.15) is 38.0 Å². The number of rotatable bonds is 1. The molecule has 8 heteroatoms. The first-order valence-electron chi connectivity index (χ1n) is 4.30. The molecule has 0 heterocycles. The van der Waals surface area contributed by atoms with Crippen molar-refractivity contribution in [1.29, 1.82) is 0 Å². The van der Waals surface area contributed by atoms with Crippen LogP contribution in [0.25, 0.3) is 0 Å². The minimum absolute atomic E-state index is 0. The molecule has 2 atom stereocenters. The van der Waals surface area contributed by atoms with Crippen LogP contribution in [0.2, 0.25) is 0 Å². The Hall–Kier alpha value is 0.270. The maximum absolute atomic E-state index is 9.00. The van der Waals surface area contributed by atoms with Crippen LogP contribution in [-0.4, -0.2) is 29.3 Å². The van der Waals surface area contributed by atoms with Crippen molar-refractivity contribution in [2.75, 3.05) is 13.1 Å². The molecule has 0 aromatic heterocycles. The summed E-state index contributed by atoms with van der Waals surface area (Å²) in [5.41, 5.74) is 9.81. The topological polar surface area (TPSA) is 110 Å². The number of benzene rings is 1. The van der Waals surface area contributed by atoms with Crippen LogP contribution in [0, 0.1) is 6.07 Å². The number of carbonyl (C=O) groups is 1. The number of aliphatic carboxylic acids is 1. The number of nitrogens with two attached hydrogens (primary N) is 2. The zero-order valence-corrected chi connectivity index (χ0v) is 15.9. The van der Waals surface area contributed by atoms with E-state index >= 15 is 0 Å². The summed E-state index contributed by atoms with van der Waals surface area (Å²) < 4.78 is 0. The Morgan fingerprint density at radius 1 is 1.28 bits per heavy atom. The van der Waals surface area contributed by atoms with Gasteiger partial charge in [0.1, 0.15) is 0 Å². The van der Waals surface area contributed by atoms with Crippen LogP contribution < -0.4 is 41.0 Å². The normalized spacial score (nSPS) is 6.39. The van der Waals surface area contributed by atoms with E-state index in [1.54, 1.807) is 24.3 Å². The number of carboxylic acids is 1. The number of aromatic hydroxyl groups is 1. The van der Waals surface area contributed by atoms with E-state index in [-0.39, 0.29) is 55.1 Å². The van der Waals surface area contributed by atoms with Gasteiger partial charge in [-0.3, -0.25) is 4.79 Å². The molecule has 0 spiro atoms. The van der Waals surface area contributed by atoms with Gasteiger partial charge in [-0.25, -0.2) is 0 Å². The quantitative estimate of drug-likeness (QED) is 0.257. The van der Waals surface area contributed by atoms with E-state index in [1.165, 1.54) is 0 Å². The summed E-state index contributed by atoms with van der Waals surface area (Å²) in [6.45, 7) is 2.28. The molecule has 102 valence electrons. The largest absolute Gasteiger partial charge is 1.00 e. The van der Waals surface area contributed by atoms with Crippen LogP contribution in [0.3, 0.4) is 0 Å². The zero-order chi connectivity index (χ0) is 12.1. The Balaban J connectivity index is -0.0000000461. The SMILES string of the molecule is CC(=O)O.NCCN.Oc1[c-]cccc1.P.P.[Na+]. The molecule has 0 aliphatic rings. The van der Waals surface area contributed by atoms with Gasteiger partial charge in [-0.1, -0.05) is 0 Å². The van der Waals surface area contributed by atoms with Crippen LogP contribution in [0.5, 0.6) is 5.75 Å². The monoisotopic (exact) mass is 304 g/mol. The van der Waals surface area contributed by atoms with E-state index in [4.69, 9.17) is 26.5 Å². The number of hydrogen-bond donors (Lipinski definition) is 4. The van der Waals surface area contributed by atoms with Gasteiger partial charge >= 0.3 is 29.6 Å². The second-order valence-corrected chi connectivity index (χ2v) is 2.34. The van der Waals surface area contributed by atoms with Crippen LogP contribution in [0.4, 0.5) is 0 Å². The fraction of sp³-hybridized carbons (Fsp3) is 0.300. The Morgan fingerprint density at radius 3 is 1.78 bits per heavy atom. The van der Waals surface area contributed by atoms with Crippen molar-refractivity contribution in [1.82, 2.24) is 0 Å². The fourth-order valence-corrected chi connectivity index (χ4v) is 0.384. The van der Waals surface area contributed by atoms with Crippen molar-refractivity contribution >= 4 is 25.8 Å². The summed E-state index contributed by atoms with van der Waals surface area (Å²) in [7, 11) is 0. The molecular formula is C10H23N2NaO3P2. The molecule has 0 bridgehead atoms. The first kappa shape index (κ1) is 30.9. The van der Waals surface area contributed by atoms with E-state index in [0.717, 1.165) is 6.92 Å². The van der Waals surface area contributed by atoms with Crippen LogP contribution >= 0.6 is 19.8 Å². The Labute approximate surface area is 137 Å². The summed E-state index contributed by atoms with van der Waals surface area (Å²) in [4.78, 5) is 9.00. The third-order valence-corrected chi connectivity index (χ3v) is 0.859. The average Bonchev–Trinajstić information content (AvgIpc) is 2.18. The summed E-state index contributed by atoms with van der Waals surface area (Å²) in [6, 6.07) is 9.39. The maximum atomic E-state index is 9.00. The number of phenolic OH excluding ortho intramolecular Hbond substituents is 1. The molecule has 6 N–H and O–H groups in total. The first-order valence-corrected chi connectivity index (χ1v) is 4.30. The van der Waals surface area contributed by atoms with E-state index in [2.05, 4.69) is 6.07 Å². The van der Waals surface area contributed by atoms with Gasteiger partial charge in [-0.15, -0.1) is 12.1 Å². The Bertz CT molecular complexity index is 248. The predicted octanol–water partition coefficient (Wildman–Crippen LogP) is -2.69. The van der Waals surface area contributed by atoms with Crippen LogP contribution in [-0.2, 0) is 4.79 Å². The second kappa shape index (κ2) is 26.0. The number of phenols is 1. The molecule has 5 nitrogen and oxygen atoms in total. The van der Waals surface area contributed by atoms with Crippen LogP contribution in [0.1, 0.15) is 6.92 Å². The van der Waals surface area contributed by atoms with Gasteiger partial charge in [0.2, 0.25) is 0 Å². The molecule has 1 rings (SSSR count). The number of para-hydroxylation sites is 1. The molecule has 1 aromatic rings. The Morgan fingerprint density at radius 2 is 1.67 bits per heavy atom. The average molecular weight is 304 g/mol. The molecule has 0 aliphatic carbocycles. The second-order valence-electron chi connectivity index (χ2n) is 2.34. The predicted molar refractivity (Wildman–Crippen MR) is 80.6 cm³/mol. The minimum atomic E-state index is -0.833. The standard InChI is InChI=1S/C6H5O.C2H8N2.C2H4O2.Na.2H3P/c7-6-4-2-1-3-5-6;3-1-2-4;1-2(3)4;;;/h1-4,7H;1-4H2;1H3,(H,3,4);;2*1H3/q-1;;;+1;;. The summed E-state index contributed by atoms with van der Waals surface area (Å²) in [5.74, 6) is -0.637. The molecule has 0 saturated carbocycles. The molecule has 0 amide bonds. The van der Waals surface area contributed by atoms with Crippen molar-refractivity contribution < 1.29 is 44.6 Å². The van der Waals surface area contributed by atoms with Crippen molar-refractivity contribution in [3.63, 3.8) is 0 Å². The van der Waals surface area contributed by atoms with Gasteiger partial charge in [0.25, 0.3) is 5.97 Å². The third kappa shape index (κ3) is 44.1. The molecule has 0 saturated heterocycles. The molecule has 0 radical (unpaired) electrons. The molecule has 2 unspecified atom stereocenters. The van der Waals surface area contributed by atoms with Gasteiger partial charge < -0.3 is 21.7 Å². The molecule has 18 heavy (non-hydrogen) atoms. The summed E-state index contributed by atoms with van der Waals surface area (Å²) >= 11 is 0. The van der Waals surface area contributed by atoms with E-state index < -0.39 is 5.97 Å². The summed E-state index contributed by atoms with van der Waals surface area (Å²) in [5, 5.41) is 16.0. The van der Waals surface area contributed by atoms with Crippen LogP contribution in [0.15, 0.2) is 24.3 Å². The minimum Gasteiger partial charge on any atom is -0.534 e. The van der Waals surface area contributed by atoms with Crippen molar-refractivity contribution in [2.24, 2.45) is 11.5 Å². The molecule has 0 aliphatic heterocycles. The van der Waals surface area contributed by atoms with Gasteiger partial charge in [0, 0.05) is 25.8 Å². The number of carboxylic acid groups (broad SMARTS) is 1. The smallest absolute Gasteiger partial charge is 0.534 e. The van der Waals surface area contributed by atoms with E-state index in [1.807, 2.05) is 0 Å². The fourth-order valence-electron chi connectivity index (χ4n) is 0.384.